The third-order valence-electron chi connectivity index (χ3n) is 4.28. The number of amides is 1. The first-order valence-corrected chi connectivity index (χ1v) is 8.40. The van der Waals surface area contributed by atoms with E-state index in [1.54, 1.807) is 24.3 Å². The molecule has 12 heteroatoms. The van der Waals surface area contributed by atoms with Gasteiger partial charge in [0.25, 0.3) is 5.88 Å². The first-order valence-electron chi connectivity index (χ1n) is 8.40. The number of rotatable bonds is 3. The highest BCUT2D eigenvalue weighted by Gasteiger charge is 2.57. The van der Waals surface area contributed by atoms with Crippen LogP contribution in [0.5, 0.6) is 11.6 Å². The number of epoxide rings is 1. The minimum atomic E-state index is -5.28. The molecule has 2 heterocycles. The van der Waals surface area contributed by atoms with Crippen molar-refractivity contribution in [2.75, 3.05) is 0 Å². The lowest BCUT2D eigenvalue weighted by molar-refractivity contribution is -0.204. The predicted molar refractivity (Wildman–Crippen MR) is 90.3 cm³/mol. The minimum absolute atomic E-state index is 0.399. The number of aromatic hydroxyl groups is 1. The Morgan fingerprint density at radius 3 is 2.70 bits per heavy atom. The number of para-hydroxylation sites is 1. The Balaban J connectivity index is 1.51. The molecule has 1 aliphatic carbocycles. The van der Waals surface area contributed by atoms with E-state index in [4.69, 9.17) is 9.47 Å². The van der Waals surface area contributed by atoms with Crippen molar-refractivity contribution in [3.05, 3.63) is 42.1 Å². The van der Waals surface area contributed by atoms with Crippen LogP contribution < -0.4 is 10.1 Å². The van der Waals surface area contributed by atoms with E-state index in [9.17, 15) is 32.7 Å². The van der Waals surface area contributed by atoms with Gasteiger partial charge in [-0.1, -0.05) is 18.2 Å². The molecule has 1 aromatic carbocycles. The van der Waals surface area contributed by atoms with Gasteiger partial charge in [-0.3, -0.25) is 10.1 Å². The number of ketones is 1. The number of aromatic nitrogens is 1. The van der Waals surface area contributed by atoms with E-state index in [-0.39, 0.29) is 0 Å². The van der Waals surface area contributed by atoms with E-state index in [1.807, 2.05) is 5.32 Å². The molecule has 0 saturated carbocycles. The zero-order valence-electron chi connectivity index (χ0n) is 14.7. The third kappa shape index (κ3) is 3.76. The van der Waals surface area contributed by atoms with Gasteiger partial charge in [0.05, 0.1) is 11.2 Å². The molecule has 2 aliphatic rings. The Kier molecular flexibility index (Phi) is 4.57. The van der Waals surface area contributed by atoms with Gasteiger partial charge in [-0.2, -0.15) is 13.2 Å². The summed E-state index contributed by atoms with van der Waals surface area (Å²) in [6.07, 6.45) is -9.65. The molecular weight excluding hydrogens is 413 g/mol. The number of benzene rings is 1. The lowest BCUT2D eigenvalue weighted by Gasteiger charge is -2.22. The van der Waals surface area contributed by atoms with Crippen LogP contribution in [0, 0.1) is 0 Å². The molecule has 1 aliphatic heterocycles. The van der Waals surface area contributed by atoms with Crippen molar-refractivity contribution >= 4 is 28.7 Å². The first-order chi connectivity index (χ1) is 14.1. The summed E-state index contributed by atoms with van der Waals surface area (Å²) >= 11 is 0. The quantitative estimate of drug-likeness (QED) is 0.564. The molecule has 156 valence electrons. The van der Waals surface area contributed by atoms with Crippen molar-refractivity contribution in [1.29, 1.82) is 0 Å². The number of hydrogen-bond donors (Lipinski definition) is 2. The van der Waals surface area contributed by atoms with Crippen molar-refractivity contribution in [2.45, 2.75) is 24.5 Å². The Morgan fingerprint density at radius 2 is 1.97 bits per heavy atom. The zero-order valence-corrected chi connectivity index (χ0v) is 14.7. The molecule has 1 aromatic heterocycles. The second-order valence-corrected chi connectivity index (χ2v) is 6.37. The molecule has 2 aromatic rings. The molecule has 30 heavy (non-hydrogen) atoms. The zero-order chi connectivity index (χ0) is 21.6. The van der Waals surface area contributed by atoms with E-state index in [2.05, 4.69) is 9.72 Å². The molecule has 1 amide bonds. The molecule has 3 unspecified atom stereocenters. The molecule has 1 saturated heterocycles. The number of alkyl halides is 3. The number of nitrogens with one attached hydrogen (secondary N) is 1. The summed E-state index contributed by atoms with van der Waals surface area (Å²) < 4.78 is 51.7. The van der Waals surface area contributed by atoms with Crippen LogP contribution in [-0.2, 0) is 19.1 Å². The molecule has 9 nitrogen and oxygen atoms in total. The number of fused-ring (bicyclic) bond motifs is 2. The van der Waals surface area contributed by atoms with E-state index < -0.39 is 59.7 Å². The Bertz CT molecular complexity index is 1100. The van der Waals surface area contributed by atoms with Crippen molar-refractivity contribution in [2.24, 2.45) is 0 Å². The van der Waals surface area contributed by atoms with Crippen LogP contribution in [0.2, 0.25) is 0 Å². The fourth-order valence-corrected chi connectivity index (χ4v) is 2.89. The van der Waals surface area contributed by atoms with Crippen LogP contribution in [0.1, 0.15) is 0 Å². The molecule has 1 fully saturated rings. The van der Waals surface area contributed by atoms with Crippen molar-refractivity contribution in [1.82, 2.24) is 10.3 Å². The van der Waals surface area contributed by atoms with Gasteiger partial charge in [0.15, 0.2) is 23.7 Å². The summed E-state index contributed by atoms with van der Waals surface area (Å²) in [6.45, 7) is 0. The van der Waals surface area contributed by atoms with Crippen LogP contribution in [0.4, 0.5) is 18.0 Å². The first kappa shape index (κ1) is 19.6. The van der Waals surface area contributed by atoms with Gasteiger partial charge in [0.2, 0.25) is 0 Å². The van der Waals surface area contributed by atoms with Gasteiger partial charge in [-0.05, 0) is 12.1 Å². The second kappa shape index (κ2) is 6.99. The molecule has 4 rings (SSSR count). The number of esters is 1. The maximum absolute atomic E-state index is 12.5. The number of halogens is 3. The van der Waals surface area contributed by atoms with Crippen LogP contribution in [-0.4, -0.2) is 52.4 Å². The van der Waals surface area contributed by atoms with E-state index >= 15 is 0 Å². The number of carbonyl (C=O) groups excluding carboxylic acids is 3. The standard InChI is InChI=1S/C18H11F3N2O7/c19-18(20,21)16(26)29-12-9(6-10(24)13-14(12)28-13)23-17(27)30-15-11(25)5-7-3-1-2-4-8(7)22-15/h1-6,12-14,25H,(H,23,27). The molecular formula is C18H11F3N2O7. The monoisotopic (exact) mass is 424 g/mol. The molecule has 2 N–H and O–H groups in total. The van der Waals surface area contributed by atoms with Crippen LogP contribution in [0.15, 0.2) is 42.1 Å². The van der Waals surface area contributed by atoms with Crippen molar-refractivity contribution < 1.29 is 46.9 Å². The van der Waals surface area contributed by atoms with E-state index in [0.717, 1.165) is 6.08 Å². The Morgan fingerprint density at radius 1 is 1.23 bits per heavy atom. The predicted octanol–water partition coefficient (Wildman–Crippen LogP) is 1.74. The lowest BCUT2D eigenvalue weighted by atomic mass is 10.0. The smallest absolute Gasteiger partial charge is 0.490 e. The Labute approximate surface area is 165 Å². The van der Waals surface area contributed by atoms with Gasteiger partial charge < -0.3 is 19.3 Å². The topological polar surface area (TPSA) is 127 Å². The third-order valence-corrected chi connectivity index (χ3v) is 4.28. The van der Waals surface area contributed by atoms with Gasteiger partial charge in [-0.25, -0.2) is 14.6 Å². The minimum Gasteiger partial charge on any atom is -0.503 e. The largest absolute Gasteiger partial charge is 0.503 e. The summed E-state index contributed by atoms with van der Waals surface area (Å²) in [5.74, 6) is -4.08. The summed E-state index contributed by atoms with van der Waals surface area (Å²) in [7, 11) is 0. The lowest BCUT2D eigenvalue weighted by Crippen LogP contribution is -2.43. The molecule has 0 spiro atoms. The number of ether oxygens (including phenoxy) is 3. The van der Waals surface area contributed by atoms with Crippen molar-refractivity contribution in [3.63, 3.8) is 0 Å². The average Bonchev–Trinajstić information content (AvgIpc) is 3.46. The fourth-order valence-electron chi connectivity index (χ4n) is 2.89. The molecule has 0 radical (unpaired) electrons. The number of hydrogen-bond acceptors (Lipinski definition) is 8. The highest BCUT2D eigenvalue weighted by atomic mass is 19.4. The SMILES string of the molecule is O=C(NC1=CC(=O)C2OC2C1OC(=O)C(F)(F)F)Oc1nc2ccccc2cc1O. The average molecular weight is 424 g/mol. The number of nitrogens with zero attached hydrogens (tertiary/aromatic N) is 1. The van der Waals surface area contributed by atoms with Crippen LogP contribution in [0.3, 0.4) is 0 Å². The maximum atomic E-state index is 12.5. The van der Waals surface area contributed by atoms with Gasteiger partial charge >= 0.3 is 18.2 Å². The normalized spacial score (nSPS) is 22.7. The summed E-state index contributed by atoms with van der Waals surface area (Å²) in [4.78, 5) is 39.1. The van der Waals surface area contributed by atoms with E-state index in [0.29, 0.717) is 10.9 Å². The van der Waals surface area contributed by atoms with Crippen molar-refractivity contribution in [3.8, 4) is 11.6 Å². The second-order valence-electron chi connectivity index (χ2n) is 6.37. The highest BCUT2D eigenvalue weighted by Crippen LogP contribution is 2.37. The highest BCUT2D eigenvalue weighted by molar-refractivity contribution is 5.98. The number of carbonyl (C=O) groups is 3. The van der Waals surface area contributed by atoms with Gasteiger partial charge in [0, 0.05) is 11.5 Å². The molecule has 0 bridgehead atoms. The summed E-state index contributed by atoms with van der Waals surface area (Å²) in [6, 6.07) is 7.93. The van der Waals surface area contributed by atoms with E-state index in [1.165, 1.54) is 6.07 Å². The van der Waals surface area contributed by atoms with Gasteiger partial charge in [0.1, 0.15) is 6.10 Å². The number of pyridine rings is 1. The van der Waals surface area contributed by atoms with Gasteiger partial charge in [-0.15, -0.1) is 0 Å². The molecule has 3 atom stereocenters. The van der Waals surface area contributed by atoms with Crippen LogP contribution >= 0.6 is 0 Å². The maximum Gasteiger partial charge on any atom is 0.490 e. The summed E-state index contributed by atoms with van der Waals surface area (Å²) in [5.41, 5.74) is -0.0574. The Hall–Kier alpha value is -3.67. The summed E-state index contributed by atoms with van der Waals surface area (Å²) in [5, 5.41) is 12.6. The van der Waals surface area contributed by atoms with Crippen LogP contribution in [0.25, 0.3) is 10.9 Å². The fraction of sp³-hybridized carbons (Fsp3) is 0.222.